The Balaban J connectivity index is 1.69. The molecule has 4 atom stereocenters. The smallest absolute Gasteiger partial charge is 0.323 e. The first-order valence-corrected chi connectivity index (χ1v) is 9.03. The van der Waals surface area contributed by atoms with Crippen molar-refractivity contribution in [1.82, 2.24) is 9.88 Å². The van der Waals surface area contributed by atoms with Crippen LogP contribution in [0.4, 0.5) is 0 Å². The minimum atomic E-state index is -0.519. The number of carbonyl (C=O) groups excluding carboxylic acids is 1. The zero-order chi connectivity index (χ0) is 17.6. The molecule has 0 spiro atoms. The largest absolute Gasteiger partial charge is 0.468 e. The van der Waals surface area contributed by atoms with Crippen LogP contribution in [0.1, 0.15) is 43.0 Å². The molecule has 6 heteroatoms. The number of methoxy groups -OCH3 is 1. The van der Waals surface area contributed by atoms with Gasteiger partial charge in [0.25, 0.3) is 5.56 Å². The fourth-order valence-corrected chi connectivity index (χ4v) is 4.68. The van der Waals surface area contributed by atoms with Crippen molar-refractivity contribution in [3.8, 4) is 0 Å². The van der Waals surface area contributed by atoms with Crippen molar-refractivity contribution in [2.45, 2.75) is 44.3 Å². The molecule has 0 saturated carbocycles. The number of aliphatic hydroxyl groups excluding tert-OH is 1. The number of aliphatic hydroxyl groups is 1. The molecule has 1 aliphatic carbocycles. The summed E-state index contributed by atoms with van der Waals surface area (Å²) < 4.78 is 6.68. The predicted molar refractivity (Wildman–Crippen MR) is 92.9 cm³/mol. The van der Waals surface area contributed by atoms with Crippen LogP contribution in [0.25, 0.3) is 5.57 Å². The maximum Gasteiger partial charge on any atom is 0.323 e. The molecule has 0 bridgehead atoms. The Labute approximate surface area is 146 Å². The number of rotatable bonds is 3. The van der Waals surface area contributed by atoms with Gasteiger partial charge in [-0.1, -0.05) is 6.08 Å². The maximum absolute atomic E-state index is 13.0. The summed E-state index contributed by atoms with van der Waals surface area (Å²) in [6.07, 6.45) is 6.51. The lowest BCUT2D eigenvalue weighted by atomic mass is 9.88. The molecule has 0 unspecified atom stereocenters. The van der Waals surface area contributed by atoms with E-state index in [9.17, 15) is 14.7 Å². The molecule has 2 N–H and O–H groups in total. The maximum atomic E-state index is 13.0. The van der Waals surface area contributed by atoms with Crippen LogP contribution in [-0.4, -0.2) is 35.4 Å². The van der Waals surface area contributed by atoms with Crippen LogP contribution in [0.2, 0.25) is 0 Å². The Kier molecular flexibility index (Phi) is 4.25. The third kappa shape index (κ3) is 2.55. The van der Waals surface area contributed by atoms with Crippen molar-refractivity contribution in [1.29, 1.82) is 0 Å². The summed E-state index contributed by atoms with van der Waals surface area (Å²) in [5.74, 6) is -0.571. The van der Waals surface area contributed by atoms with Gasteiger partial charge in [-0.15, -0.1) is 0 Å². The van der Waals surface area contributed by atoms with Gasteiger partial charge in [0.1, 0.15) is 6.04 Å². The van der Waals surface area contributed by atoms with Crippen molar-refractivity contribution >= 4 is 11.5 Å². The highest BCUT2D eigenvalue weighted by atomic mass is 16.5. The number of nitrogens with zero attached hydrogens (tertiary/aromatic N) is 1. The summed E-state index contributed by atoms with van der Waals surface area (Å²) in [7, 11) is 1.36. The Morgan fingerprint density at radius 1 is 1.40 bits per heavy atom. The first kappa shape index (κ1) is 16.5. The number of carbonyl (C=O) groups is 1. The molecule has 2 aliphatic heterocycles. The van der Waals surface area contributed by atoms with E-state index in [1.165, 1.54) is 13.5 Å². The SMILES string of the molecule is COC(=O)[C@H]1N[C@H]2c3ccc(C4=CCCCC4)c(=O)n3C[C@H]2[C@@H]1CO. The van der Waals surface area contributed by atoms with Crippen molar-refractivity contribution in [3.05, 3.63) is 39.8 Å². The minimum Gasteiger partial charge on any atom is -0.468 e. The number of ether oxygens (including phenoxy) is 1. The molecule has 3 aliphatic rings. The summed E-state index contributed by atoms with van der Waals surface area (Å²) >= 11 is 0. The molecule has 4 rings (SSSR count). The van der Waals surface area contributed by atoms with Gasteiger partial charge in [0.2, 0.25) is 0 Å². The molecule has 6 nitrogen and oxygen atoms in total. The van der Waals surface area contributed by atoms with E-state index in [1.54, 1.807) is 0 Å². The van der Waals surface area contributed by atoms with E-state index in [2.05, 4.69) is 11.4 Å². The lowest BCUT2D eigenvalue weighted by molar-refractivity contribution is -0.144. The van der Waals surface area contributed by atoms with Gasteiger partial charge in [-0.05, 0) is 43.4 Å². The number of esters is 1. The monoisotopic (exact) mass is 344 g/mol. The van der Waals surface area contributed by atoms with Gasteiger partial charge >= 0.3 is 5.97 Å². The second-order valence-electron chi connectivity index (χ2n) is 7.22. The standard InChI is InChI=1S/C19H24N2O4/c1-25-19(24)17-14(10-22)13-9-21-15(16(13)20-17)8-7-12(18(21)23)11-5-3-2-4-6-11/h5,7-8,13-14,16-17,20,22H,2-4,6,9-10H2,1H3/t13-,14-,16+,17-/m0/s1. The average Bonchev–Trinajstić information content (AvgIpc) is 3.18. The van der Waals surface area contributed by atoms with E-state index in [0.29, 0.717) is 6.54 Å². The number of nitrogens with one attached hydrogen (secondary N) is 1. The highest BCUT2D eigenvalue weighted by Crippen LogP contribution is 2.43. The van der Waals surface area contributed by atoms with Crippen LogP contribution in [-0.2, 0) is 16.1 Å². The molecular weight excluding hydrogens is 320 g/mol. The molecule has 25 heavy (non-hydrogen) atoms. The molecule has 134 valence electrons. The summed E-state index contributed by atoms with van der Waals surface area (Å²) in [5.41, 5.74) is 2.91. The summed E-state index contributed by atoms with van der Waals surface area (Å²) in [4.78, 5) is 25.0. The predicted octanol–water partition coefficient (Wildman–Crippen LogP) is 1.23. The van der Waals surface area contributed by atoms with Crippen LogP contribution >= 0.6 is 0 Å². The molecule has 1 aromatic rings. The molecule has 0 radical (unpaired) electrons. The third-order valence-electron chi connectivity index (χ3n) is 5.99. The molecular formula is C19H24N2O4. The van der Waals surface area contributed by atoms with Gasteiger partial charge in [0, 0.05) is 36.2 Å². The van der Waals surface area contributed by atoms with Crippen LogP contribution < -0.4 is 10.9 Å². The lowest BCUT2D eigenvalue weighted by Crippen LogP contribution is -2.40. The first-order chi connectivity index (χ1) is 12.2. The Hall–Kier alpha value is -1.92. The summed E-state index contributed by atoms with van der Waals surface area (Å²) in [6.45, 7) is 0.431. The molecule has 1 saturated heterocycles. The Bertz CT molecular complexity index is 782. The van der Waals surface area contributed by atoms with Crippen LogP contribution in [0.15, 0.2) is 23.0 Å². The van der Waals surface area contributed by atoms with Crippen LogP contribution in [0.5, 0.6) is 0 Å². The number of pyridine rings is 1. The number of allylic oxidation sites excluding steroid dienone is 2. The van der Waals surface area contributed by atoms with Gasteiger partial charge in [0.15, 0.2) is 0 Å². The summed E-state index contributed by atoms with van der Waals surface area (Å²) in [6, 6.07) is 3.31. The first-order valence-electron chi connectivity index (χ1n) is 9.03. The zero-order valence-electron chi connectivity index (χ0n) is 14.4. The molecule has 0 amide bonds. The van der Waals surface area contributed by atoms with Crippen molar-refractivity contribution in [3.63, 3.8) is 0 Å². The van der Waals surface area contributed by atoms with Crippen molar-refractivity contribution < 1.29 is 14.6 Å². The minimum absolute atomic E-state index is 0.0254. The number of hydrogen-bond donors (Lipinski definition) is 2. The molecule has 0 aromatic carbocycles. The number of fused-ring (bicyclic) bond motifs is 3. The Morgan fingerprint density at radius 3 is 2.92 bits per heavy atom. The zero-order valence-corrected chi connectivity index (χ0v) is 14.4. The van der Waals surface area contributed by atoms with E-state index >= 15 is 0 Å². The normalized spacial score (nSPS) is 30.6. The van der Waals surface area contributed by atoms with Gasteiger partial charge in [0.05, 0.1) is 13.2 Å². The second-order valence-corrected chi connectivity index (χ2v) is 7.22. The topological polar surface area (TPSA) is 80.6 Å². The van der Waals surface area contributed by atoms with E-state index in [4.69, 9.17) is 4.74 Å². The van der Waals surface area contributed by atoms with Crippen LogP contribution in [0, 0.1) is 11.8 Å². The van der Waals surface area contributed by atoms with Gasteiger partial charge in [-0.25, -0.2) is 0 Å². The highest BCUT2D eigenvalue weighted by Gasteiger charge is 2.50. The Morgan fingerprint density at radius 2 is 2.24 bits per heavy atom. The van der Waals surface area contributed by atoms with E-state index in [-0.39, 0.29) is 36.0 Å². The van der Waals surface area contributed by atoms with E-state index in [0.717, 1.165) is 36.1 Å². The molecule has 1 aromatic heterocycles. The average molecular weight is 344 g/mol. The van der Waals surface area contributed by atoms with Gasteiger partial charge in [-0.3, -0.25) is 14.9 Å². The number of aromatic nitrogens is 1. The fraction of sp³-hybridized carbons (Fsp3) is 0.579. The lowest BCUT2D eigenvalue weighted by Gasteiger charge is -2.20. The van der Waals surface area contributed by atoms with Gasteiger partial charge < -0.3 is 14.4 Å². The number of hydrogen-bond acceptors (Lipinski definition) is 5. The van der Waals surface area contributed by atoms with Crippen molar-refractivity contribution in [2.24, 2.45) is 11.8 Å². The van der Waals surface area contributed by atoms with Gasteiger partial charge in [-0.2, -0.15) is 0 Å². The third-order valence-corrected chi connectivity index (χ3v) is 5.99. The van der Waals surface area contributed by atoms with Crippen molar-refractivity contribution in [2.75, 3.05) is 13.7 Å². The fourth-order valence-electron chi connectivity index (χ4n) is 4.68. The highest BCUT2D eigenvalue weighted by molar-refractivity contribution is 5.77. The summed E-state index contributed by atoms with van der Waals surface area (Å²) in [5, 5.41) is 13.1. The van der Waals surface area contributed by atoms with Crippen LogP contribution in [0.3, 0.4) is 0 Å². The quantitative estimate of drug-likeness (QED) is 0.806. The second kappa shape index (κ2) is 6.42. The van der Waals surface area contributed by atoms with E-state index < -0.39 is 6.04 Å². The molecule has 1 fully saturated rings. The van der Waals surface area contributed by atoms with E-state index in [1.807, 2.05) is 16.7 Å². The molecule has 3 heterocycles.